The number of nitrogens with zero attached hydrogens (tertiary/aromatic N) is 3. The molecule has 0 saturated carbocycles. The first kappa shape index (κ1) is 21.4. The summed E-state index contributed by atoms with van der Waals surface area (Å²) in [5, 5.41) is 4.33. The molecule has 4 rings (SSSR count). The van der Waals surface area contributed by atoms with Gasteiger partial charge in [0.2, 0.25) is 4.96 Å². The smallest absolute Gasteiger partial charge is 0.291 e. The number of hydrogen-bond donors (Lipinski definition) is 0. The summed E-state index contributed by atoms with van der Waals surface area (Å²) in [6.07, 6.45) is 5.35. The van der Waals surface area contributed by atoms with Crippen LogP contribution < -0.4 is 29.0 Å². The number of para-hydroxylation sites is 1. The molecule has 0 spiro atoms. The molecule has 0 N–H and O–H groups in total. The minimum atomic E-state index is -0.242. The van der Waals surface area contributed by atoms with Crippen molar-refractivity contribution in [3.05, 3.63) is 68.2 Å². The number of benzene rings is 2. The third-order valence-corrected chi connectivity index (χ3v) is 5.71. The van der Waals surface area contributed by atoms with E-state index in [0.29, 0.717) is 38.3 Å². The van der Waals surface area contributed by atoms with Crippen LogP contribution in [0.2, 0.25) is 0 Å². The lowest BCUT2D eigenvalue weighted by atomic mass is 10.2. The SMILES string of the molecule is COc1ccc(/C=C/c2nc3sc(=Cc4cccc(OC)c4OC)c(=O)n3n2)cc1OC. The van der Waals surface area contributed by atoms with Crippen LogP contribution >= 0.6 is 11.3 Å². The van der Waals surface area contributed by atoms with Crippen LogP contribution in [0.3, 0.4) is 0 Å². The van der Waals surface area contributed by atoms with Gasteiger partial charge >= 0.3 is 0 Å². The number of fused-ring (bicyclic) bond motifs is 1. The molecule has 8 nitrogen and oxygen atoms in total. The Hall–Kier alpha value is -3.85. The van der Waals surface area contributed by atoms with E-state index in [1.54, 1.807) is 46.7 Å². The van der Waals surface area contributed by atoms with E-state index in [4.69, 9.17) is 18.9 Å². The van der Waals surface area contributed by atoms with Crippen molar-refractivity contribution in [1.29, 1.82) is 0 Å². The lowest BCUT2D eigenvalue weighted by Gasteiger charge is -2.09. The van der Waals surface area contributed by atoms with E-state index >= 15 is 0 Å². The zero-order valence-electron chi connectivity index (χ0n) is 18.0. The summed E-state index contributed by atoms with van der Waals surface area (Å²) in [4.78, 5) is 17.8. The van der Waals surface area contributed by atoms with Crippen molar-refractivity contribution in [2.45, 2.75) is 0 Å². The molecule has 0 aliphatic rings. The van der Waals surface area contributed by atoms with Crippen LogP contribution in [0.4, 0.5) is 0 Å². The zero-order valence-corrected chi connectivity index (χ0v) is 18.8. The van der Waals surface area contributed by atoms with Gasteiger partial charge in [0.25, 0.3) is 5.56 Å². The number of rotatable bonds is 7. The predicted molar refractivity (Wildman–Crippen MR) is 124 cm³/mol. The summed E-state index contributed by atoms with van der Waals surface area (Å²) in [6.45, 7) is 0. The molecule has 2 heterocycles. The molecule has 0 amide bonds. The second-order valence-electron chi connectivity index (χ2n) is 6.61. The monoisotopic (exact) mass is 451 g/mol. The van der Waals surface area contributed by atoms with Crippen molar-refractivity contribution < 1.29 is 18.9 Å². The standard InChI is InChI=1S/C23H21N3O5S/c1-28-16-10-8-14(12-18(16)30-3)9-11-20-24-23-26(25-20)22(27)19(32-23)13-15-6-5-7-17(29-2)21(15)31-4/h5-13H,1-4H3/b11-9+,19-13?. The Morgan fingerprint density at radius 1 is 0.906 bits per heavy atom. The Labute approximate surface area is 188 Å². The van der Waals surface area contributed by atoms with E-state index in [2.05, 4.69) is 10.1 Å². The normalized spacial score (nSPS) is 11.9. The number of aromatic nitrogens is 3. The molecular formula is C23H21N3O5S. The van der Waals surface area contributed by atoms with Gasteiger partial charge < -0.3 is 18.9 Å². The first-order chi connectivity index (χ1) is 15.6. The summed E-state index contributed by atoms with van der Waals surface area (Å²) in [7, 11) is 6.31. The van der Waals surface area contributed by atoms with Gasteiger partial charge in [0.15, 0.2) is 28.8 Å². The van der Waals surface area contributed by atoms with Crippen LogP contribution in [0.1, 0.15) is 17.0 Å². The third kappa shape index (κ3) is 4.02. The molecule has 0 atom stereocenters. The Morgan fingerprint density at radius 2 is 1.69 bits per heavy atom. The Bertz CT molecular complexity index is 1410. The molecule has 9 heteroatoms. The third-order valence-electron chi connectivity index (χ3n) is 4.75. The fourth-order valence-electron chi connectivity index (χ4n) is 3.21. The van der Waals surface area contributed by atoms with Crippen molar-refractivity contribution >= 4 is 34.5 Å². The second-order valence-corrected chi connectivity index (χ2v) is 7.62. The van der Waals surface area contributed by atoms with E-state index in [9.17, 15) is 4.79 Å². The molecular weight excluding hydrogens is 430 g/mol. The first-order valence-corrected chi connectivity index (χ1v) is 10.4. The highest BCUT2D eigenvalue weighted by Gasteiger charge is 2.12. The minimum Gasteiger partial charge on any atom is -0.493 e. The average molecular weight is 452 g/mol. The number of hydrogen-bond acceptors (Lipinski definition) is 8. The largest absolute Gasteiger partial charge is 0.493 e. The molecule has 4 aromatic rings. The molecule has 164 valence electrons. The van der Waals surface area contributed by atoms with Crippen molar-refractivity contribution in [3.8, 4) is 23.0 Å². The Morgan fingerprint density at radius 3 is 2.38 bits per heavy atom. The average Bonchev–Trinajstić information content (AvgIpc) is 3.35. The highest BCUT2D eigenvalue weighted by molar-refractivity contribution is 7.15. The van der Waals surface area contributed by atoms with Gasteiger partial charge in [-0.1, -0.05) is 35.6 Å². The van der Waals surface area contributed by atoms with Gasteiger partial charge in [-0.05, 0) is 35.9 Å². The van der Waals surface area contributed by atoms with E-state index in [1.807, 2.05) is 36.4 Å². The maximum Gasteiger partial charge on any atom is 0.291 e. The van der Waals surface area contributed by atoms with Crippen molar-refractivity contribution in [2.24, 2.45) is 0 Å². The van der Waals surface area contributed by atoms with Crippen LogP contribution in [0.25, 0.3) is 23.2 Å². The molecule has 0 unspecified atom stereocenters. The van der Waals surface area contributed by atoms with Crippen LogP contribution in [0, 0.1) is 0 Å². The van der Waals surface area contributed by atoms with Crippen LogP contribution in [0.15, 0.2) is 41.2 Å². The molecule has 0 aliphatic carbocycles. The van der Waals surface area contributed by atoms with Gasteiger partial charge in [-0.15, -0.1) is 5.10 Å². The first-order valence-electron chi connectivity index (χ1n) is 9.60. The maximum absolute atomic E-state index is 12.8. The zero-order chi connectivity index (χ0) is 22.7. The molecule has 32 heavy (non-hydrogen) atoms. The van der Waals surface area contributed by atoms with Gasteiger partial charge in [-0.2, -0.15) is 9.50 Å². The van der Waals surface area contributed by atoms with Gasteiger partial charge in [-0.25, -0.2) is 0 Å². The Kier molecular flexibility index (Phi) is 6.09. The molecule has 0 aliphatic heterocycles. The van der Waals surface area contributed by atoms with Gasteiger partial charge in [0, 0.05) is 5.56 Å². The quantitative estimate of drug-likeness (QED) is 0.427. The second kappa shape index (κ2) is 9.11. The fraction of sp³-hybridized carbons (Fsp3) is 0.174. The Balaban J connectivity index is 1.66. The van der Waals surface area contributed by atoms with Crippen molar-refractivity contribution in [1.82, 2.24) is 14.6 Å². The maximum atomic E-state index is 12.8. The minimum absolute atomic E-state index is 0.242. The van der Waals surface area contributed by atoms with Crippen LogP contribution in [0.5, 0.6) is 23.0 Å². The molecule has 0 bridgehead atoms. The molecule has 0 fully saturated rings. The van der Waals surface area contributed by atoms with Gasteiger partial charge in [0.05, 0.1) is 33.0 Å². The number of ether oxygens (including phenoxy) is 4. The molecule has 0 saturated heterocycles. The van der Waals surface area contributed by atoms with E-state index in [1.165, 1.54) is 15.9 Å². The molecule has 0 radical (unpaired) electrons. The number of thiazole rings is 1. The van der Waals surface area contributed by atoms with E-state index in [-0.39, 0.29) is 5.56 Å². The lowest BCUT2D eigenvalue weighted by Crippen LogP contribution is -2.23. The lowest BCUT2D eigenvalue weighted by molar-refractivity contribution is 0.354. The molecule has 2 aromatic carbocycles. The predicted octanol–water partition coefficient (Wildman–Crippen LogP) is 2.90. The van der Waals surface area contributed by atoms with E-state index < -0.39 is 0 Å². The van der Waals surface area contributed by atoms with Crippen LogP contribution in [-0.4, -0.2) is 43.0 Å². The fourth-order valence-corrected chi connectivity index (χ4v) is 4.12. The summed E-state index contributed by atoms with van der Waals surface area (Å²) >= 11 is 1.26. The topological polar surface area (TPSA) is 84.2 Å². The van der Waals surface area contributed by atoms with Crippen molar-refractivity contribution in [3.63, 3.8) is 0 Å². The molecule has 2 aromatic heterocycles. The van der Waals surface area contributed by atoms with Crippen molar-refractivity contribution in [2.75, 3.05) is 28.4 Å². The van der Waals surface area contributed by atoms with Crippen LogP contribution in [-0.2, 0) is 0 Å². The van der Waals surface area contributed by atoms with Gasteiger partial charge in [0.1, 0.15) is 0 Å². The highest BCUT2D eigenvalue weighted by atomic mass is 32.1. The van der Waals surface area contributed by atoms with Gasteiger partial charge in [-0.3, -0.25) is 4.79 Å². The summed E-state index contributed by atoms with van der Waals surface area (Å²) in [5.41, 5.74) is 1.39. The summed E-state index contributed by atoms with van der Waals surface area (Å²) in [5.74, 6) is 2.87. The highest BCUT2D eigenvalue weighted by Crippen LogP contribution is 2.31. The number of methoxy groups -OCH3 is 4. The van der Waals surface area contributed by atoms with E-state index in [0.717, 1.165) is 11.1 Å². The summed E-state index contributed by atoms with van der Waals surface area (Å²) in [6, 6.07) is 11.1. The summed E-state index contributed by atoms with van der Waals surface area (Å²) < 4.78 is 23.1.